The molecular weight excluding hydrogens is 272 g/mol. The highest BCUT2D eigenvalue weighted by Crippen LogP contribution is 2.61. The highest BCUT2D eigenvalue weighted by atomic mass is 79.9. The van der Waals surface area contributed by atoms with Crippen LogP contribution in [-0.4, -0.2) is 4.92 Å². The second-order valence-electron chi connectivity index (χ2n) is 4.95. The largest absolute Gasteiger partial charge is 0.321 e. The molecule has 2 N–H and O–H groups in total. The van der Waals surface area contributed by atoms with Crippen LogP contribution in [0.2, 0.25) is 0 Å². The molecule has 1 unspecified atom stereocenters. The predicted molar refractivity (Wildman–Crippen MR) is 65.1 cm³/mol. The molecule has 1 fully saturated rings. The van der Waals surface area contributed by atoms with Gasteiger partial charge >= 0.3 is 0 Å². The molecule has 1 aliphatic carbocycles. The lowest BCUT2D eigenvalue weighted by atomic mass is 9.97. The molecule has 0 bridgehead atoms. The molecule has 0 spiro atoms. The van der Waals surface area contributed by atoms with E-state index in [2.05, 4.69) is 29.8 Å². The van der Waals surface area contributed by atoms with E-state index in [1.165, 1.54) is 12.1 Å². The van der Waals surface area contributed by atoms with E-state index in [1.807, 2.05) is 0 Å². The Morgan fingerprint density at radius 1 is 1.50 bits per heavy atom. The lowest BCUT2D eigenvalue weighted by Gasteiger charge is -2.16. The summed E-state index contributed by atoms with van der Waals surface area (Å²) in [5.74, 6) is 0. The Morgan fingerprint density at radius 3 is 2.44 bits per heavy atom. The molecule has 1 atom stereocenters. The van der Waals surface area contributed by atoms with Crippen LogP contribution in [0.4, 0.5) is 5.69 Å². The SMILES string of the molecule is CC1(C)CC1(N)c1ccc([N+](=O)[O-])cc1Br. The van der Waals surface area contributed by atoms with Gasteiger partial charge in [-0.3, -0.25) is 10.1 Å². The van der Waals surface area contributed by atoms with E-state index in [9.17, 15) is 10.1 Å². The highest BCUT2D eigenvalue weighted by molar-refractivity contribution is 9.10. The van der Waals surface area contributed by atoms with Crippen LogP contribution in [0.15, 0.2) is 22.7 Å². The first-order valence-corrected chi connectivity index (χ1v) is 5.80. The topological polar surface area (TPSA) is 69.2 Å². The first-order chi connectivity index (χ1) is 7.28. The van der Waals surface area contributed by atoms with Gasteiger partial charge in [-0.2, -0.15) is 0 Å². The number of benzene rings is 1. The summed E-state index contributed by atoms with van der Waals surface area (Å²) < 4.78 is 0.717. The summed E-state index contributed by atoms with van der Waals surface area (Å²) >= 11 is 3.36. The third-order valence-corrected chi connectivity index (χ3v) is 4.10. The van der Waals surface area contributed by atoms with Crippen molar-refractivity contribution < 1.29 is 4.92 Å². The summed E-state index contributed by atoms with van der Waals surface area (Å²) in [6.07, 6.45) is 0.899. The standard InChI is InChI=1S/C11H13BrN2O2/c1-10(2)6-11(10,13)8-4-3-7(14(15)16)5-9(8)12/h3-5H,6,13H2,1-2H3. The van der Waals surface area contributed by atoms with Gasteiger partial charge in [0.25, 0.3) is 5.69 Å². The van der Waals surface area contributed by atoms with Crippen LogP contribution >= 0.6 is 15.9 Å². The van der Waals surface area contributed by atoms with Crippen molar-refractivity contribution in [2.45, 2.75) is 25.8 Å². The zero-order valence-corrected chi connectivity index (χ0v) is 10.7. The van der Waals surface area contributed by atoms with Gasteiger partial charge in [-0.05, 0) is 23.5 Å². The number of nitro groups is 1. The van der Waals surface area contributed by atoms with Crippen LogP contribution in [0.1, 0.15) is 25.8 Å². The zero-order chi connectivity index (χ0) is 12.1. The molecule has 0 amide bonds. The molecule has 1 aliphatic rings. The summed E-state index contributed by atoms with van der Waals surface area (Å²) in [5, 5.41) is 10.6. The molecular formula is C11H13BrN2O2. The number of hydrogen-bond donors (Lipinski definition) is 1. The van der Waals surface area contributed by atoms with Gasteiger partial charge in [0.2, 0.25) is 0 Å². The van der Waals surface area contributed by atoms with Gasteiger partial charge in [-0.1, -0.05) is 29.8 Å². The van der Waals surface area contributed by atoms with Crippen molar-refractivity contribution in [1.29, 1.82) is 0 Å². The van der Waals surface area contributed by atoms with Gasteiger partial charge < -0.3 is 5.73 Å². The van der Waals surface area contributed by atoms with Gasteiger partial charge in [0.05, 0.1) is 4.92 Å². The zero-order valence-electron chi connectivity index (χ0n) is 9.16. The van der Waals surface area contributed by atoms with Crippen LogP contribution in [0.5, 0.6) is 0 Å². The van der Waals surface area contributed by atoms with E-state index in [0.29, 0.717) is 0 Å². The van der Waals surface area contributed by atoms with Crippen molar-refractivity contribution in [2.24, 2.45) is 11.1 Å². The molecule has 0 radical (unpaired) electrons. The Kier molecular flexibility index (Phi) is 2.36. The van der Waals surface area contributed by atoms with Gasteiger partial charge in [0, 0.05) is 22.1 Å². The molecule has 2 rings (SSSR count). The van der Waals surface area contributed by atoms with Gasteiger partial charge in [-0.15, -0.1) is 0 Å². The van der Waals surface area contributed by atoms with Gasteiger partial charge in [-0.25, -0.2) is 0 Å². The molecule has 0 heterocycles. The Morgan fingerprint density at radius 2 is 2.06 bits per heavy atom. The average molecular weight is 285 g/mol. The third-order valence-electron chi connectivity index (χ3n) is 3.45. The van der Waals surface area contributed by atoms with Crippen LogP contribution in [0, 0.1) is 15.5 Å². The number of nitrogens with two attached hydrogens (primary N) is 1. The lowest BCUT2D eigenvalue weighted by Crippen LogP contribution is -2.25. The maximum absolute atomic E-state index is 10.6. The van der Waals surface area contributed by atoms with Crippen molar-refractivity contribution in [3.8, 4) is 0 Å². The fraction of sp³-hybridized carbons (Fsp3) is 0.455. The van der Waals surface area contributed by atoms with Crippen LogP contribution < -0.4 is 5.73 Å². The van der Waals surface area contributed by atoms with Crippen LogP contribution in [-0.2, 0) is 5.54 Å². The van der Waals surface area contributed by atoms with Crippen molar-refractivity contribution in [3.05, 3.63) is 38.3 Å². The Hall–Kier alpha value is -0.940. The maximum Gasteiger partial charge on any atom is 0.270 e. The smallest absolute Gasteiger partial charge is 0.270 e. The minimum absolute atomic E-state index is 0.0612. The summed E-state index contributed by atoms with van der Waals surface area (Å²) in [5.41, 5.74) is 7.00. The number of nitrogens with zero attached hydrogens (tertiary/aromatic N) is 1. The monoisotopic (exact) mass is 284 g/mol. The normalized spacial score (nSPS) is 26.5. The predicted octanol–water partition coefficient (Wildman–Crippen LogP) is 2.94. The molecule has 1 saturated carbocycles. The number of halogens is 1. The molecule has 0 saturated heterocycles. The van der Waals surface area contributed by atoms with Crippen molar-refractivity contribution in [2.75, 3.05) is 0 Å². The van der Waals surface area contributed by atoms with Crippen LogP contribution in [0.3, 0.4) is 0 Å². The highest BCUT2D eigenvalue weighted by Gasteiger charge is 2.60. The van der Waals surface area contributed by atoms with E-state index in [4.69, 9.17) is 5.73 Å². The molecule has 86 valence electrons. The van der Waals surface area contributed by atoms with E-state index in [1.54, 1.807) is 6.07 Å². The fourth-order valence-corrected chi connectivity index (χ4v) is 2.81. The summed E-state index contributed by atoms with van der Waals surface area (Å²) in [6.45, 7) is 4.20. The van der Waals surface area contributed by atoms with E-state index in [0.717, 1.165) is 16.5 Å². The molecule has 1 aromatic rings. The van der Waals surface area contributed by atoms with Crippen molar-refractivity contribution in [3.63, 3.8) is 0 Å². The minimum Gasteiger partial charge on any atom is -0.321 e. The third kappa shape index (κ3) is 1.55. The number of rotatable bonds is 2. The molecule has 4 nitrogen and oxygen atoms in total. The second-order valence-corrected chi connectivity index (χ2v) is 5.81. The Labute approximate surface area is 102 Å². The Balaban J connectivity index is 2.42. The lowest BCUT2D eigenvalue weighted by molar-refractivity contribution is -0.384. The minimum atomic E-state index is -0.407. The van der Waals surface area contributed by atoms with E-state index < -0.39 is 4.92 Å². The number of hydrogen-bond acceptors (Lipinski definition) is 3. The maximum atomic E-state index is 10.6. The average Bonchev–Trinajstić information content (AvgIpc) is 2.66. The summed E-state index contributed by atoms with van der Waals surface area (Å²) in [4.78, 5) is 10.2. The number of nitro benzene ring substituents is 1. The van der Waals surface area contributed by atoms with Crippen molar-refractivity contribution in [1.82, 2.24) is 0 Å². The number of non-ortho nitro benzene ring substituents is 1. The second kappa shape index (κ2) is 3.28. The van der Waals surface area contributed by atoms with Crippen molar-refractivity contribution >= 4 is 21.6 Å². The quantitative estimate of drug-likeness (QED) is 0.671. The van der Waals surface area contributed by atoms with Gasteiger partial charge in [0.1, 0.15) is 0 Å². The summed E-state index contributed by atoms with van der Waals surface area (Å²) in [7, 11) is 0. The Bertz CT molecular complexity index is 473. The van der Waals surface area contributed by atoms with E-state index in [-0.39, 0.29) is 16.6 Å². The van der Waals surface area contributed by atoms with E-state index >= 15 is 0 Å². The first-order valence-electron chi connectivity index (χ1n) is 5.01. The fourth-order valence-electron chi connectivity index (χ4n) is 2.09. The molecule has 16 heavy (non-hydrogen) atoms. The van der Waals surface area contributed by atoms with Gasteiger partial charge in [0.15, 0.2) is 0 Å². The molecule has 5 heteroatoms. The molecule has 0 aromatic heterocycles. The van der Waals surface area contributed by atoms with Crippen LogP contribution in [0.25, 0.3) is 0 Å². The first kappa shape index (κ1) is 11.5. The molecule has 0 aliphatic heterocycles. The molecule has 1 aromatic carbocycles. The summed E-state index contributed by atoms with van der Waals surface area (Å²) in [6, 6.07) is 4.76.